The molecule has 2 N–H and O–H groups in total. The molecule has 0 bridgehead atoms. The molecule has 0 radical (unpaired) electrons. The predicted octanol–water partition coefficient (Wildman–Crippen LogP) is 1.72. The van der Waals surface area contributed by atoms with Crippen LogP contribution >= 0.6 is 0 Å². The summed E-state index contributed by atoms with van der Waals surface area (Å²) in [5.74, 6) is -0.884. The second kappa shape index (κ2) is 6.31. The van der Waals surface area contributed by atoms with E-state index in [1.165, 1.54) is 24.3 Å². The van der Waals surface area contributed by atoms with Gasteiger partial charge in [-0.3, -0.25) is 9.59 Å². The lowest BCUT2D eigenvalue weighted by Crippen LogP contribution is -2.39. The van der Waals surface area contributed by atoms with Crippen LogP contribution in [0, 0.1) is 11.2 Å². The van der Waals surface area contributed by atoms with Gasteiger partial charge in [-0.25, -0.2) is 4.39 Å². The van der Waals surface area contributed by atoms with E-state index >= 15 is 0 Å². The van der Waals surface area contributed by atoms with Crippen LogP contribution in [0.2, 0.25) is 0 Å². The first-order valence-electron chi connectivity index (χ1n) is 6.13. The molecule has 19 heavy (non-hydrogen) atoms. The number of halogens is 1. The van der Waals surface area contributed by atoms with Gasteiger partial charge in [-0.1, -0.05) is 26.8 Å². The zero-order valence-electron chi connectivity index (χ0n) is 11.4. The van der Waals surface area contributed by atoms with E-state index in [1.807, 2.05) is 20.8 Å². The van der Waals surface area contributed by atoms with Crippen LogP contribution in [0.3, 0.4) is 0 Å². The number of nitrogens with one attached hydrogen (secondary N) is 2. The van der Waals surface area contributed by atoms with Crippen LogP contribution in [0.1, 0.15) is 31.1 Å². The van der Waals surface area contributed by atoms with Gasteiger partial charge in [0.15, 0.2) is 0 Å². The standard InChI is InChI=1S/C14H19FN2O2/c1-14(2,3)13(19)17-8-7-16-12(18)10-5-4-6-11(15)9-10/h4-6,9H,7-8H2,1-3H3,(H,16,18)(H,17,19). The minimum absolute atomic E-state index is 0.0764. The Morgan fingerprint density at radius 1 is 1.16 bits per heavy atom. The Labute approximate surface area is 112 Å². The molecule has 0 aliphatic carbocycles. The fourth-order valence-electron chi connectivity index (χ4n) is 1.35. The topological polar surface area (TPSA) is 58.2 Å². The molecule has 0 atom stereocenters. The van der Waals surface area contributed by atoms with Gasteiger partial charge in [-0.05, 0) is 18.2 Å². The molecule has 0 fully saturated rings. The molecule has 104 valence electrons. The SMILES string of the molecule is CC(C)(C)C(=O)NCCNC(=O)c1cccc(F)c1. The molecule has 0 heterocycles. The Morgan fingerprint density at radius 3 is 2.37 bits per heavy atom. The Hall–Kier alpha value is -1.91. The maximum absolute atomic E-state index is 12.9. The number of amides is 2. The van der Waals surface area contributed by atoms with Gasteiger partial charge in [-0.2, -0.15) is 0 Å². The van der Waals surface area contributed by atoms with Crippen LogP contribution in [0.25, 0.3) is 0 Å². The molecule has 1 aromatic carbocycles. The summed E-state index contributed by atoms with van der Waals surface area (Å²) >= 11 is 0. The third kappa shape index (κ3) is 5.07. The Morgan fingerprint density at radius 2 is 1.79 bits per heavy atom. The van der Waals surface area contributed by atoms with Crippen molar-refractivity contribution in [3.05, 3.63) is 35.6 Å². The van der Waals surface area contributed by atoms with E-state index in [1.54, 1.807) is 0 Å². The van der Waals surface area contributed by atoms with Crippen LogP contribution in [-0.4, -0.2) is 24.9 Å². The molecule has 0 aromatic heterocycles. The molecule has 4 nitrogen and oxygen atoms in total. The Bertz CT molecular complexity index is 467. The lowest BCUT2D eigenvalue weighted by molar-refractivity contribution is -0.128. The van der Waals surface area contributed by atoms with Crippen molar-refractivity contribution in [3.8, 4) is 0 Å². The first kappa shape index (κ1) is 15.1. The van der Waals surface area contributed by atoms with E-state index in [0.29, 0.717) is 13.1 Å². The molecule has 0 aliphatic heterocycles. The van der Waals surface area contributed by atoms with Gasteiger partial charge < -0.3 is 10.6 Å². The van der Waals surface area contributed by atoms with Gasteiger partial charge in [0.25, 0.3) is 5.91 Å². The van der Waals surface area contributed by atoms with E-state index in [0.717, 1.165) is 0 Å². The monoisotopic (exact) mass is 266 g/mol. The summed E-state index contributed by atoms with van der Waals surface area (Å²) in [5, 5.41) is 5.33. The molecular formula is C14H19FN2O2. The van der Waals surface area contributed by atoms with Gasteiger partial charge in [0.2, 0.25) is 5.91 Å². The molecule has 2 amide bonds. The van der Waals surface area contributed by atoms with Crippen LogP contribution in [0.4, 0.5) is 4.39 Å². The highest BCUT2D eigenvalue weighted by molar-refractivity contribution is 5.94. The van der Waals surface area contributed by atoms with Crippen molar-refractivity contribution in [1.82, 2.24) is 10.6 Å². The van der Waals surface area contributed by atoms with E-state index in [4.69, 9.17) is 0 Å². The van der Waals surface area contributed by atoms with Crippen LogP contribution in [0.15, 0.2) is 24.3 Å². The smallest absolute Gasteiger partial charge is 0.251 e. The minimum atomic E-state index is -0.452. The highest BCUT2D eigenvalue weighted by Crippen LogP contribution is 2.11. The number of hydrogen-bond donors (Lipinski definition) is 2. The van der Waals surface area contributed by atoms with Crippen molar-refractivity contribution in [2.75, 3.05) is 13.1 Å². The first-order valence-corrected chi connectivity index (χ1v) is 6.13. The average molecular weight is 266 g/mol. The number of carbonyl (C=O) groups excluding carboxylic acids is 2. The predicted molar refractivity (Wildman–Crippen MR) is 71.2 cm³/mol. The quantitative estimate of drug-likeness (QED) is 0.815. The zero-order chi connectivity index (χ0) is 14.5. The average Bonchev–Trinajstić information content (AvgIpc) is 2.32. The molecular weight excluding hydrogens is 247 g/mol. The molecule has 1 aromatic rings. The summed E-state index contributed by atoms with van der Waals surface area (Å²) in [6.07, 6.45) is 0. The fraction of sp³-hybridized carbons (Fsp3) is 0.429. The Balaban J connectivity index is 2.34. The highest BCUT2D eigenvalue weighted by Gasteiger charge is 2.20. The van der Waals surface area contributed by atoms with Gasteiger partial charge in [0.1, 0.15) is 5.82 Å². The summed E-state index contributed by atoms with van der Waals surface area (Å²) in [4.78, 5) is 23.2. The molecule has 1 rings (SSSR count). The first-order chi connectivity index (χ1) is 8.80. The normalized spacial score (nSPS) is 10.9. The summed E-state index contributed by atoms with van der Waals surface area (Å²) in [7, 11) is 0. The second-order valence-corrected chi connectivity index (χ2v) is 5.27. The number of hydrogen-bond acceptors (Lipinski definition) is 2. The van der Waals surface area contributed by atoms with E-state index in [-0.39, 0.29) is 17.4 Å². The van der Waals surface area contributed by atoms with Crippen molar-refractivity contribution in [1.29, 1.82) is 0 Å². The number of rotatable bonds is 4. The third-order valence-electron chi connectivity index (χ3n) is 2.46. The van der Waals surface area contributed by atoms with E-state index < -0.39 is 11.2 Å². The molecule has 0 unspecified atom stereocenters. The third-order valence-corrected chi connectivity index (χ3v) is 2.46. The van der Waals surface area contributed by atoms with Crippen molar-refractivity contribution in [2.24, 2.45) is 5.41 Å². The molecule has 0 saturated carbocycles. The molecule has 0 saturated heterocycles. The zero-order valence-corrected chi connectivity index (χ0v) is 11.4. The maximum Gasteiger partial charge on any atom is 0.251 e. The highest BCUT2D eigenvalue weighted by atomic mass is 19.1. The maximum atomic E-state index is 12.9. The molecule has 0 aliphatic rings. The Kier molecular flexibility index (Phi) is 5.03. The van der Waals surface area contributed by atoms with Crippen molar-refractivity contribution >= 4 is 11.8 Å². The van der Waals surface area contributed by atoms with Crippen molar-refractivity contribution in [2.45, 2.75) is 20.8 Å². The van der Waals surface area contributed by atoms with Crippen molar-refractivity contribution < 1.29 is 14.0 Å². The largest absolute Gasteiger partial charge is 0.354 e. The van der Waals surface area contributed by atoms with Gasteiger partial charge in [-0.15, -0.1) is 0 Å². The summed E-state index contributed by atoms with van der Waals surface area (Å²) in [5.41, 5.74) is -0.186. The van der Waals surface area contributed by atoms with Gasteiger partial charge in [0, 0.05) is 24.1 Å². The lowest BCUT2D eigenvalue weighted by Gasteiger charge is -2.17. The lowest BCUT2D eigenvalue weighted by atomic mass is 9.96. The summed E-state index contributed by atoms with van der Waals surface area (Å²) in [6, 6.07) is 5.46. The fourth-order valence-corrected chi connectivity index (χ4v) is 1.35. The van der Waals surface area contributed by atoms with Crippen LogP contribution in [0.5, 0.6) is 0 Å². The summed E-state index contributed by atoms with van der Waals surface area (Å²) in [6.45, 7) is 6.09. The van der Waals surface area contributed by atoms with E-state index in [9.17, 15) is 14.0 Å². The second-order valence-electron chi connectivity index (χ2n) is 5.27. The van der Waals surface area contributed by atoms with Crippen LogP contribution < -0.4 is 10.6 Å². The molecule has 5 heteroatoms. The summed E-state index contributed by atoms with van der Waals surface area (Å²) < 4.78 is 12.9. The minimum Gasteiger partial charge on any atom is -0.354 e. The van der Waals surface area contributed by atoms with Gasteiger partial charge in [0.05, 0.1) is 0 Å². The van der Waals surface area contributed by atoms with Crippen LogP contribution in [-0.2, 0) is 4.79 Å². The van der Waals surface area contributed by atoms with E-state index in [2.05, 4.69) is 10.6 Å². The molecule has 0 spiro atoms. The van der Waals surface area contributed by atoms with Gasteiger partial charge >= 0.3 is 0 Å². The number of carbonyl (C=O) groups is 2. The van der Waals surface area contributed by atoms with Crippen molar-refractivity contribution in [3.63, 3.8) is 0 Å². The number of benzene rings is 1.